The lowest BCUT2D eigenvalue weighted by Gasteiger charge is -2.21. The zero-order valence-electron chi connectivity index (χ0n) is 11.7. The molecule has 4 heteroatoms. The molecule has 0 aromatic heterocycles. The van der Waals surface area contributed by atoms with Gasteiger partial charge in [-0.25, -0.2) is 4.39 Å². The molecule has 2 aromatic rings. The molecule has 2 rings (SSSR count). The third-order valence-electron chi connectivity index (χ3n) is 3.24. The lowest BCUT2D eigenvalue weighted by molar-refractivity contribution is 0.183. The Morgan fingerprint density at radius 3 is 2.48 bits per heavy atom. The predicted molar refractivity (Wildman–Crippen MR) is 78.8 cm³/mol. The predicted octanol–water partition coefficient (Wildman–Crippen LogP) is 2.69. The first kappa shape index (κ1) is 15.2. The molecule has 0 spiro atoms. The minimum absolute atomic E-state index is 0.0186. The van der Waals surface area contributed by atoms with Crippen molar-refractivity contribution in [3.63, 3.8) is 0 Å². The van der Waals surface area contributed by atoms with Crippen LogP contribution in [0, 0.1) is 17.1 Å². The highest BCUT2D eigenvalue weighted by Gasteiger charge is 2.10. The Labute approximate surface area is 123 Å². The summed E-state index contributed by atoms with van der Waals surface area (Å²) in [4.78, 5) is 1.97. The Balaban J connectivity index is 2.11. The smallest absolute Gasteiger partial charge is 0.129 e. The lowest BCUT2D eigenvalue weighted by Crippen LogP contribution is -2.26. The molecule has 21 heavy (non-hydrogen) atoms. The molecule has 0 unspecified atom stereocenters. The van der Waals surface area contributed by atoms with Crippen LogP contribution in [0.1, 0.15) is 16.7 Å². The van der Waals surface area contributed by atoms with Crippen molar-refractivity contribution in [1.82, 2.24) is 4.90 Å². The van der Waals surface area contributed by atoms with E-state index in [1.165, 1.54) is 6.07 Å². The summed E-state index contributed by atoms with van der Waals surface area (Å²) in [6.45, 7) is 1.52. The summed E-state index contributed by atoms with van der Waals surface area (Å²) in [6.07, 6.45) is 0. The van der Waals surface area contributed by atoms with Crippen molar-refractivity contribution in [3.05, 3.63) is 71.0 Å². The van der Waals surface area contributed by atoms with E-state index in [-0.39, 0.29) is 12.4 Å². The van der Waals surface area contributed by atoms with E-state index in [4.69, 9.17) is 10.4 Å². The standard InChI is InChI=1S/C17H17FN2O/c18-17-10-15(11-19)6-7-16(17)13-20(8-9-21)12-14-4-2-1-3-5-14/h1-7,10,21H,8-9,12-13H2. The van der Waals surface area contributed by atoms with E-state index in [1.54, 1.807) is 12.1 Å². The molecule has 0 aliphatic heterocycles. The van der Waals surface area contributed by atoms with Crippen LogP contribution < -0.4 is 0 Å². The van der Waals surface area contributed by atoms with Gasteiger partial charge in [-0.2, -0.15) is 5.26 Å². The first-order valence-electron chi connectivity index (χ1n) is 6.78. The van der Waals surface area contributed by atoms with Crippen LogP contribution in [0.15, 0.2) is 48.5 Å². The van der Waals surface area contributed by atoms with Crippen molar-refractivity contribution < 1.29 is 9.50 Å². The topological polar surface area (TPSA) is 47.3 Å². The molecule has 0 atom stereocenters. The van der Waals surface area contributed by atoms with Gasteiger partial charge in [0.2, 0.25) is 0 Å². The number of hydrogen-bond donors (Lipinski definition) is 1. The minimum Gasteiger partial charge on any atom is -0.395 e. The Morgan fingerprint density at radius 1 is 1.10 bits per heavy atom. The minimum atomic E-state index is -0.384. The largest absolute Gasteiger partial charge is 0.395 e. The van der Waals surface area contributed by atoms with Gasteiger partial charge in [-0.1, -0.05) is 36.4 Å². The zero-order valence-corrected chi connectivity index (χ0v) is 11.7. The summed E-state index contributed by atoms with van der Waals surface area (Å²) >= 11 is 0. The van der Waals surface area contributed by atoms with E-state index < -0.39 is 0 Å². The molecule has 1 N–H and O–H groups in total. The van der Waals surface area contributed by atoms with E-state index in [0.717, 1.165) is 5.56 Å². The highest BCUT2D eigenvalue weighted by atomic mass is 19.1. The second-order valence-electron chi connectivity index (χ2n) is 4.84. The van der Waals surface area contributed by atoms with Gasteiger partial charge in [-0.3, -0.25) is 4.90 Å². The SMILES string of the molecule is N#Cc1ccc(CN(CCO)Cc2ccccc2)c(F)c1. The Morgan fingerprint density at radius 2 is 1.86 bits per heavy atom. The van der Waals surface area contributed by atoms with Crippen molar-refractivity contribution in [2.24, 2.45) is 0 Å². The van der Waals surface area contributed by atoms with Crippen LogP contribution in [0.25, 0.3) is 0 Å². The molecule has 0 amide bonds. The summed E-state index contributed by atoms with van der Waals surface area (Å²) in [5, 5.41) is 17.9. The van der Waals surface area contributed by atoms with E-state index in [0.29, 0.717) is 30.8 Å². The summed E-state index contributed by atoms with van der Waals surface area (Å²) in [6, 6.07) is 16.3. The molecular weight excluding hydrogens is 267 g/mol. The molecule has 0 bridgehead atoms. The molecule has 0 saturated heterocycles. The fourth-order valence-corrected chi connectivity index (χ4v) is 2.18. The summed E-state index contributed by atoms with van der Waals surface area (Å²) < 4.78 is 13.9. The Hall–Kier alpha value is -2.22. The van der Waals surface area contributed by atoms with Gasteiger partial charge in [-0.05, 0) is 17.7 Å². The van der Waals surface area contributed by atoms with Gasteiger partial charge in [-0.15, -0.1) is 0 Å². The number of rotatable bonds is 6. The molecule has 0 aliphatic rings. The fourth-order valence-electron chi connectivity index (χ4n) is 2.18. The molecule has 108 valence electrons. The Kier molecular flexibility index (Phi) is 5.44. The number of halogens is 1. The second kappa shape index (κ2) is 7.53. The number of aliphatic hydroxyl groups excluding tert-OH is 1. The maximum Gasteiger partial charge on any atom is 0.129 e. The van der Waals surface area contributed by atoms with Crippen molar-refractivity contribution >= 4 is 0 Å². The average Bonchev–Trinajstić information content (AvgIpc) is 2.50. The molecule has 2 aromatic carbocycles. The van der Waals surface area contributed by atoms with Crippen LogP contribution >= 0.6 is 0 Å². The van der Waals surface area contributed by atoms with Crippen LogP contribution in [0.4, 0.5) is 4.39 Å². The monoisotopic (exact) mass is 284 g/mol. The number of nitriles is 1. The van der Waals surface area contributed by atoms with Crippen LogP contribution in [0.2, 0.25) is 0 Å². The quantitative estimate of drug-likeness (QED) is 0.887. The van der Waals surface area contributed by atoms with Gasteiger partial charge in [0.15, 0.2) is 0 Å². The van der Waals surface area contributed by atoms with Gasteiger partial charge in [0, 0.05) is 25.2 Å². The van der Waals surface area contributed by atoms with E-state index in [1.807, 2.05) is 41.3 Å². The molecule has 0 radical (unpaired) electrons. The molecule has 0 aliphatic carbocycles. The molecular formula is C17H17FN2O. The normalized spacial score (nSPS) is 10.6. The highest BCUT2D eigenvalue weighted by Crippen LogP contribution is 2.14. The van der Waals surface area contributed by atoms with Gasteiger partial charge < -0.3 is 5.11 Å². The molecule has 3 nitrogen and oxygen atoms in total. The molecule has 0 fully saturated rings. The third kappa shape index (κ3) is 4.38. The summed E-state index contributed by atoms with van der Waals surface area (Å²) in [7, 11) is 0. The number of benzene rings is 2. The highest BCUT2D eigenvalue weighted by molar-refractivity contribution is 5.32. The van der Waals surface area contributed by atoms with Gasteiger partial charge in [0.05, 0.1) is 18.2 Å². The van der Waals surface area contributed by atoms with Gasteiger partial charge >= 0.3 is 0 Å². The van der Waals surface area contributed by atoms with E-state index >= 15 is 0 Å². The summed E-state index contributed by atoms with van der Waals surface area (Å²) in [5.41, 5.74) is 1.95. The Bertz CT molecular complexity index is 622. The molecule has 0 saturated carbocycles. The van der Waals surface area contributed by atoms with Crippen LogP contribution in [-0.4, -0.2) is 23.2 Å². The van der Waals surface area contributed by atoms with E-state index in [9.17, 15) is 4.39 Å². The summed E-state index contributed by atoms with van der Waals surface area (Å²) in [5.74, 6) is -0.384. The molecule has 0 heterocycles. The maximum atomic E-state index is 13.9. The van der Waals surface area contributed by atoms with Crippen LogP contribution in [0.3, 0.4) is 0 Å². The van der Waals surface area contributed by atoms with Gasteiger partial charge in [0.25, 0.3) is 0 Å². The van der Waals surface area contributed by atoms with Crippen molar-refractivity contribution in [3.8, 4) is 6.07 Å². The van der Waals surface area contributed by atoms with Crippen molar-refractivity contribution in [2.45, 2.75) is 13.1 Å². The number of nitrogens with zero attached hydrogens (tertiary/aromatic N) is 2. The first-order chi connectivity index (χ1) is 10.2. The fraction of sp³-hybridized carbons (Fsp3) is 0.235. The van der Waals surface area contributed by atoms with Crippen molar-refractivity contribution in [1.29, 1.82) is 5.26 Å². The second-order valence-corrected chi connectivity index (χ2v) is 4.84. The maximum absolute atomic E-state index is 13.9. The van der Waals surface area contributed by atoms with Crippen molar-refractivity contribution in [2.75, 3.05) is 13.2 Å². The number of hydrogen-bond acceptors (Lipinski definition) is 3. The third-order valence-corrected chi connectivity index (χ3v) is 3.24. The van der Waals surface area contributed by atoms with Crippen LogP contribution in [-0.2, 0) is 13.1 Å². The number of aliphatic hydroxyl groups is 1. The van der Waals surface area contributed by atoms with Gasteiger partial charge in [0.1, 0.15) is 5.82 Å². The average molecular weight is 284 g/mol. The zero-order chi connectivity index (χ0) is 15.1. The first-order valence-corrected chi connectivity index (χ1v) is 6.78. The van der Waals surface area contributed by atoms with E-state index in [2.05, 4.69) is 0 Å². The lowest BCUT2D eigenvalue weighted by atomic mass is 10.1. The van der Waals surface area contributed by atoms with Crippen LogP contribution in [0.5, 0.6) is 0 Å².